The van der Waals surface area contributed by atoms with Crippen molar-refractivity contribution in [1.82, 2.24) is 5.32 Å². The van der Waals surface area contributed by atoms with Gasteiger partial charge in [0.1, 0.15) is 0 Å². The molecule has 1 atom stereocenters. The molecule has 0 bridgehead atoms. The van der Waals surface area contributed by atoms with E-state index in [1.165, 1.54) is 9.77 Å². The molecule has 2 aromatic rings. The minimum Gasteiger partial charge on any atom is -0.316 e. The summed E-state index contributed by atoms with van der Waals surface area (Å²) in [5.74, 6) is 1.05. The maximum absolute atomic E-state index is 5.98. The first-order valence-electron chi connectivity index (χ1n) is 5.86. The Bertz CT molecular complexity index is 470. The Morgan fingerprint density at radius 2 is 2.22 bits per heavy atom. The van der Waals surface area contributed by atoms with Gasteiger partial charge in [0.25, 0.3) is 0 Å². The number of benzene rings is 1. The average Bonchev–Trinajstić information content (AvgIpc) is 2.87. The number of hydrogen-bond donors (Lipinski definition) is 1. The highest BCUT2D eigenvalue weighted by atomic mass is 35.5. The van der Waals surface area contributed by atoms with Gasteiger partial charge in [0.05, 0.1) is 0 Å². The van der Waals surface area contributed by atoms with Gasteiger partial charge in [-0.3, -0.25) is 0 Å². The molecule has 0 radical (unpaired) electrons. The summed E-state index contributed by atoms with van der Waals surface area (Å²) >= 11 is 9.65. The minimum absolute atomic E-state index is 0.493. The lowest BCUT2D eigenvalue weighted by Crippen LogP contribution is -2.29. The number of halogens is 1. The second-order valence-corrected chi connectivity index (χ2v) is 6.60. The summed E-state index contributed by atoms with van der Waals surface area (Å²) < 4.78 is 0. The highest BCUT2D eigenvalue weighted by molar-refractivity contribution is 7.99. The molecule has 0 aliphatic heterocycles. The van der Waals surface area contributed by atoms with Gasteiger partial charge in [0.15, 0.2) is 0 Å². The van der Waals surface area contributed by atoms with E-state index in [4.69, 9.17) is 11.6 Å². The van der Waals surface area contributed by atoms with Crippen LogP contribution in [-0.2, 0) is 6.42 Å². The van der Waals surface area contributed by atoms with Gasteiger partial charge in [-0.05, 0) is 43.1 Å². The molecule has 0 spiro atoms. The second kappa shape index (κ2) is 7.19. The van der Waals surface area contributed by atoms with E-state index < -0.39 is 0 Å². The molecule has 18 heavy (non-hydrogen) atoms. The Morgan fingerprint density at radius 3 is 2.89 bits per heavy atom. The molecule has 2 rings (SSSR count). The predicted molar refractivity (Wildman–Crippen MR) is 83.0 cm³/mol. The van der Waals surface area contributed by atoms with E-state index in [-0.39, 0.29) is 0 Å². The zero-order valence-corrected chi connectivity index (χ0v) is 12.6. The Labute approximate surface area is 122 Å². The van der Waals surface area contributed by atoms with Crippen molar-refractivity contribution in [2.45, 2.75) is 17.4 Å². The summed E-state index contributed by atoms with van der Waals surface area (Å²) in [6.07, 6.45) is 1.09. The maximum atomic E-state index is 5.98. The standard InChI is InChI=1S/C14H16ClNS2/c1-16-12(9-14-6-3-7-17-14)10-18-13-5-2-4-11(15)8-13/h2-8,12,16H,9-10H2,1H3. The van der Waals surface area contributed by atoms with Crippen LogP contribution in [0.2, 0.25) is 5.02 Å². The number of thioether (sulfide) groups is 1. The van der Waals surface area contributed by atoms with Gasteiger partial charge in [-0.15, -0.1) is 23.1 Å². The largest absolute Gasteiger partial charge is 0.316 e. The first-order valence-corrected chi connectivity index (χ1v) is 8.10. The highest BCUT2D eigenvalue weighted by Crippen LogP contribution is 2.23. The number of likely N-dealkylation sites (N-methyl/N-ethyl adjacent to an activating group) is 1. The molecule has 0 saturated heterocycles. The molecule has 4 heteroatoms. The van der Waals surface area contributed by atoms with E-state index >= 15 is 0 Å². The van der Waals surface area contributed by atoms with E-state index in [0.29, 0.717) is 6.04 Å². The molecular formula is C14H16ClNS2. The molecule has 0 saturated carbocycles. The second-order valence-electron chi connectivity index (χ2n) is 4.04. The van der Waals surface area contributed by atoms with Gasteiger partial charge in [-0.1, -0.05) is 23.7 Å². The monoisotopic (exact) mass is 297 g/mol. The number of rotatable bonds is 6. The number of nitrogens with one attached hydrogen (secondary N) is 1. The molecule has 1 unspecified atom stereocenters. The fraction of sp³-hybridized carbons (Fsp3) is 0.286. The molecule has 0 aliphatic carbocycles. The maximum Gasteiger partial charge on any atom is 0.0417 e. The van der Waals surface area contributed by atoms with Crippen molar-refractivity contribution in [3.05, 3.63) is 51.7 Å². The molecule has 1 N–H and O–H groups in total. The smallest absolute Gasteiger partial charge is 0.0417 e. The molecule has 1 nitrogen and oxygen atoms in total. The van der Waals surface area contributed by atoms with E-state index in [0.717, 1.165) is 17.2 Å². The first-order chi connectivity index (χ1) is 8.78. The summed E-state index contributed by atoms with van der Waals surface area (Å²) in [7, 11) is 2.02. The Kier molecular flexibility index (Phi) is 5.57. The van der Waals surface area contributed by atoms with Crippen LogP contribution in [0.25, 0.3) is 0 Å². The average molecular weight is 298 g/mol. The zero-order valence-electron chi connectivity index (χ0n) is 10.2. The van der Waals surface area contributed by atoms with E-state index in [2.05, 4.69) is 28.9 Å². The molecule has 96 valence electrons. The van der Waals surface area contributed by atoms with Crippen LogP contribution in [0, 0.1) is 0 Å². The van der Waals surface area contributed by atoms with Crippen LogP contribution in [0.1, 0.15) is 4.88 Å². The van der Waals surface area contributed by atoms with Crippen LogP contribution < -0.4 is 5.32 Å². The number of thiophene rings is 1. The summed E-state index contributed by atoms with van der Waals surface area (Å²) in [6.45, 7) is 0. The molecule has 0 amide bonds. The van der Waals surface area contributed by atoms with Crippen molar-refractivity contribution in [3.8, 4) is 0 Å². The van der Waals surface area contributed by atoms with Crippen LogP contribution >= 0.6 is 34.7 Å². The minimum atomic E-state index is 0.493. The van der Waals surface area contributed by atoms with E-state index in [1.54, 1.807) is 0 Å². The predicted octanol–water partition coefficient (Wildman–Crippen LogP) is 4.32. The molecular weight excluding hydrogens is 282 g/mol. The number of hydrogen-bond acceptors (Lipinski definition) is 3. The van der Waals surface area contributed by atoms with Crippen LogP contribution in [0.15, 0.2) is 46.7 Å². The molecule has 0 fully saturated rings. The fourth-order valence-corrected chi connectivity index (χ4v) is 3.77. The third kappa shape index (κ3) is 4.32. The van der Waals surface area contributed by atoms with Gasteiger partial charge in [0, 0.05) is 26.6 Å². The van der Waals surface area contributed by atoms with Crippen molar-refractivity contribution in [3.63, 3.8) is 0 Å². The molecule has 1 heterocycles. The van der Waals surface area contributed by atoms with Gasteiger partial charge in [0.2, 0.25) is 0 Å². The molecule has 1 aromatic heterocycles. The van der Waals surface area contributed by atoms with Gasteiger partial charge in [-0.2, -0.15) is 0 Å². The lowest BCUT2D eigenvalue weighted by Gasteiger charge is -2.14. The zero-order chi connectivity index (χ0) is 12.8. The van der Waals surface area contributed by atoms with E-state index in [9.17, 15) is 0 Å². The fourth-order valence-electron chi connectivity index (χ4n) is 1.67. The molecule has 1 aromatic carbocycles. The summed E-state index contributed by atoms with van der Waals surface area (Å²) in [4.78, 5) is 2.66. The van der Waals surface area contributed by atoms with Crippen LogP contribution in [0.4, 0.5) is 0 Å². The Morgan fingerprint density at radius 1 is 1.33 bits per heavy atom. The summed E-state index contributed by atoms with van der Waals surface area (Å²) in [5, 5.41) is 6.31. The third-order valence-electron chi connectivity index (χ3n) is 2.68. The lowest BCUT2D eigenvalue weighted by molar-refractivity contribution is 0.622. The Balaban J connectivity index is 1.87. The quantitative estimate of drug-likeness (QED) is 0.797. The van der Waals surface area contributed by atoms with Gasteiger partial charge >= 0.3 is 0 Å². The van der Waals surface area contributed by atoms with Crippen molar-refractivity contribution < 1.29 is 0 Å². The van der Waals surface area contributed by atoms with Crippen LogP contribution in [0.5, 0.6) is 0 Å². The molecule has 0 aliphatic rings. The van der Waals surface area contributed by atoms with Crippen LogP contribution in [-0.4, -0.2) is 18.8 Å². The van der Waals surface area contributed by atoms with Gasteiger partial charge < -0.3 is 5.32 Å². The SMILES string of the molecule is CNC(CSc1cccc(Cl)c1)Cc1cccs1. The Hall–Kier alpha value is -0.480. The van der Waals surface area contributed by atoms with Crippen molar-refractivity contribution in [2.24, 2.45) is 0 Å². The van der Waals surface area contributed by atoms with Crippen LogP contribution in [0.3, 0.4) is 0 Å². The van der Waals surface area contributed by atoms with Crippen molar-refractivity contribution in [2.75, 3.05) is 12.8 Å². The summed E-state index contributed by atoms with van der Waals surface area (Å²) in [6, 6.07) is 12.8. The van der Waals surface area contributed by atoms with Crippen molar-refractivity contribution in [1.29, 1.82) is 0 Å². The first kappa shape index (κ1) is 13.9. The topological polar surface area (TPSA) is 12.0 Å². The highest BCUT2D eigenvalue weighted by Gasteiger charge is 2.08. The van der Waals surface area contributed by atoms with E-state index in [1.807, 2.05) is 48.3 Å². The summed E-state index contributed by atoms with van der Waals surface area (Å²) in [5.41, 5.74) is 0. The lowest BCUT2D eigenvalue weighted by atomic mass is 10.2. The van der Waals surface area contributed by atoms with Crippen molar-refractivity contribution >= 4 is 34.7 Å². The normalized spacial score (nSPS) is 12.6. The third-order valence-corrected chi connectivity index (χ3v) is 4.97. The van der Waals surface area contributed by atoms with Gasteiger partial charge in [-0.25, -0.2) is 0 Å².